The third kappa shape index (κ3) is 4.57. The van der Waals surface area contributed by atoms with Gasteiger partial charge < -0.3 is 9.64 Å². The summed E-state index contributed by atoms with van der Waals surface area (Å²) in [5.74, 6) is 1.27. The minimum atomic E-state index is 0.161. The number of H-pyrrole nitrogens is 1. The molecule has 3 heterocycles. The Balaban J connectivity index is 1.35. The van der Waals surface area contributed by atoms with Crippen molar-refractivity contribution in [3.05, 3.63) is 77.9 Å². The van der Waals surface area contributed by atoms with Crippen LogP contribution in [-0.4, -0.2) is 39.1 Å². The maximum absolute atomic E-state index is 12.8. The first-order valence-electron chi connectivity index (χ1n) is 9.65. The van der Waals surface area contributed by atoms with E-state index in [1.807, 2.05) is 47.4 Å². The SMILES string of the molecule is O=C(Cc1cccc(OCc2cccnc2)c1)N1CCCC(c2ccn[nH]2)C1. The molecule has 1 aliphatic rings. The van der Waals surface area contributed by atoms with Gasteiger partial charge in [-0.05, 0) is 42.7 Å². The summed E-state index contributed by atoms with van der Waals surface area (Å²) in [5.41, 5.74) is 3.10. The Labute approximate surface area is 164 Å². The molecule has 1 N–H and O–H groups in total. The third-order valence-electron chi connectivity index (χ3n) is 5.12. The Hall–Kier alpha value is -3.15. The molecule has 0 bridgehead atoms. The molecular formula is C22H24N4O2. The average molecular weight is 376 g/mol. The van der Waals surface area contributed by atoms with Gasteiger partial charge in [0.25, 0.3) is 0 Å². The van der Waals surface area contributed by atoms with E-state index in [0.29, 0.717) is 18.9 Å². The summed E-state index contributed by atoms with van der Waals surface area (Å²) in [6.07, 6.45) is 7.80. The standard InChI is InChI=1S/C22H24N4O2/c27-22(26-11-3-6-19(15-26)21-8-10-24-25-21)13-17-4-1-7-20(12-17)28-16-18-5-2-9-23-14-18/h1-2,4-5,7-10,12,14,19H,3,6,11,13,15-16H2,(H,24,25). The Morgan fingerprint density at radius 2 is 2.11 bits per heavy atom. The van der Waals surface area contributed by atoms with Crippen molar-refractivity contribution in [3.8, 4) is 5.75 Å². The van der Waals surface area contributed by atoms with Gasteiger partial charge in [0, 0.05) is 48.9 Å². The van der Waals surface area contributed by atoms with Crippen molar-refractivity contribution in [1.82, 2.24) is 20.1 Å². The lowest BCUT2D eigenvalue weighted by atomic mass is 9.94. The molecule has 0 aliphatic carbocycles. The molecule has 1 aliphatic heterocycles. The fourth-order valence-corrected chi connectivity index (χ4v) is 3.63. The fraction of sp³-hybridized carbons (Fsp3) is 0.318. The first-order valence-corrected chi connectivity index (χ1v) is 9.65. The van der Waals surface area contributed by atoms with E-state index in [1.165, 1.54) is 0 Å². The van der Waals surface area contributed by atoms with E-state index in [-0.39, 0.29) is 5.91 Å². The Morgan fingerprint density at radius 1 is 1.18 bits per heavy atom. The molecule has 4 rings (SSSR count). The van der Waals surface area contributed by atoms with Gasteiger partial charge in [-0.1, -0.05) is 18.2 Å². The van der Waals surface area contributed by atoms with Gasteiger partial charge in [0.1, 0.15) is 12.4 Å². The molecule has 1 atom stereocenters. The van der Waals surface area contributed by atoms with E-state index in [9.17, 15) is 4.79 Å². The highest BCUT2D eigenvalue weighted by molar-refractivity contribution is 5.79. The van der Waals surface area contributed by atoms with E-state index in [0.717, 1.165) is 48.5 Å². The Bertz CT molecular complexity index is 896. The fourth-order valence-electron chi connectivity index (χ4n) is 3.63. The van der Waals surface area contributed by atoms with Crippen LogP contribution in [-0.2, 0) is 17.8 Å². The van der Waals surface area contributed by atoms with E-state index in [2.05, 4.69) is 15.2 Å². The molecule has 1 saturated heterocycles. The summed E-state index contributed by atoms with van der Waals surface area (Å²) < 4.78 is 5.85. The molecule has 0 spiro atoms. The summed E-state index contributed by atoms with van der Waals surface area (Å²) in [5, 5.41) is 7.08. The van der Waals surface area contributed by atoms with Gasteiger partial charge in [-0.15, -0.1) is 0 Å². The highest BCUT2D eigenvalue weighted by atomic mass is 16.5. The number of carbonyl (C=O) groups is 1. The number of ether oxygens (including phenoxy) is 1. The minimum Gasteiger partial charge on any atom is -0.489 e. The molecule has 3 aromatic rings. The van der Waals surface area contributed by atoms with Crippen molar-refractivity contribution in [2.45, 2.75) is 31.8 Å². The van der Waals surface area contributed by atoms with Gasteiger partial charge in [0.2, 0.25) is 5.91 Å². The number of carbonyl (C=O) groups excluding carboxylic acids is 1. The van der Waals surface area contributed by atoms with E-state index < -0.39 is 0 Å². The number of amides is 1. The highest BCUT2D eigenvalue weighted by Gasteiger charge is 2.25. The van der Waals surface area contributed by atoms with Crippen LogP contribution in [0.4, 0.5) is 0 Å². The van der Waals surface area contributed by atoms with Crippen LogP contribution in [0.2, 0.25) is 0 Å². The maximum Gasteiger partial charge on any atom is 0.227 e. The van der Waals surface area contributed by atoms with Crippen LogP contribution in [0.5, 0.6) is 5.75 Å². The van der Waals surface area contributed by atoms with Crippen molar-refractivity contribution < 1.29 is 9.53 Å². The number of nitrogens with zero attached hydrogens (tertiary/aromatic N) is 3. The monoisotopic (exact) mass is 376 g/mol. The molecule has 0 radical (unpaired) electrons. The zero-order valence-corrected chi connectivity index (χ0v) is 15.8. The van der Waals surface area contributed by atoms with E-state index >= 15 is 0 Å². The van der Waals surface area contributed by atoms with Gasteiger partial charge in [-0.2, -0.15) is 5.10 Å². The van der Waals surface area contributed by atoms with E-state index in [1.54, 1.807) is 18.6 Å². The van der Waals surface area contributed by atoms with Crippen LogP contribution in [0.25, 0.3) is 0 Å². The quantitative estimate of drug-likeness (QED) is 0.716. The normalized spacial score (nSPS) is 16.7. The first kappa shape index (κ1) is 18.2. The van der Waals surface area contributed by atoms with Gasteiger partial charge in [-0.25, -0.2) is 0 Å². The second kappa shape index (κ2) is 8.69. The third-order valence-corrected chi connectivity index (χ3v) is 5.12. The number of nitrogens with one attached hydrogen (secondary N) is 1. The number of hydrogen-bond acceptors (Lipinski definition) is 4. The minimum absolute atomic E-state index is 0.161. The molecule has 1 aromatic carbocycles. The van der Waals surface area contributed by atoms with Crippen LogP contribution in [0.15, 0.2) is 61.1 Å². The molecule has 6 nitrogen and oxygen atoms in total. The lowest BCUT2D eigenvalue weighted by Gasteiger charge is -2.32. The zero-order valence-electron chi connectivity index (χ0n) is 15.8. The summed E-state index contributed by atoms with van der Waals surface area (Å²) in [6.45, 7) is 2.03. The predicted molar refractivity (Wildman–Crippen MR) is 106 cm³/mol. The van der Waals surface area contributed by atoms with Crippen molar-refractivity contribution >= 4 is 5.91 Å². The molecular weight excluding hydrogens is 352 g/mol. The van der Waals surface area contributed by atoms with Gasteiger partial charge in [-0.3, -0.25) is 14.9 Å². The molecule has 1 amide bonds. The first-order chi connectivity index (χ1) is 13.8. The number of likely N-dealkylation sites (tertiary alicyclic amines) is 1. The van der Waals surface area contributed by atoms with Crippen LogP contribution < -0.4 is 4.74 Å². The number of aromatic nitrogens is 3. The largest absolute Gasteiger partial charge is 0.489 e. The van der Waals surface area contributed by atoms with Gasteiger partial charge in [0.05, 0.1) is 6.42 Å². The van der Waals surface area contributed by atoms with Crippen LogP contribution in [0.1, 0.15) is 35.6 Å². The average Bonchev–Trinajstić information content (AvgIpc) is 3.28. The van der Waals surface area contributed by atoms with Gasteiger partial charge in [0.15, 0.2) is 0 Å². The summed E-state index contributed by atoms with van der Waals surface area (Å²) in [4.78, 5) is 18.9. The molecule has 6 heteroatoms. The molecule has 144 valence electrons. The number of piperidine rings is 1. The van der Waals surface area contributed by atoms with Gasteiger partial charge >= 0.3 is 0 Å². The van der Waals surface area contributed by atoms with Crippen molar-refractivity contribution in [3.63, 3.8) is 0 Å². The smallest absolute Gasteiger partial charge is 0.227 e. The summed E-state index contributed by atoms with van der Waals surface area (Å²) in [7, 11) is 0. The van der Waals surface area contributed by atoms with Crippen LogP contribution in [0, 0.1) is 0 Å². The Morgan fingerprint density at radius 3 is 2.93 bits per heavy atom. The lowest BCUT2D eigenvalue weighted by Crippen LogP contribution is -2.40. The molecule has 2 aromatic heterocycles. The number of pyridine rings is 1. The van der Waals surface area contributed by atoms with Crippen molar-refractivity contribution in [2.75, 3.05) is 13.1 Å². The highest BCUT2D eigenvalue weighted by Crippen LogP contribution is 2.26. The molecule has 0 saturated carbocycles. The van der Waals surface area contributed by atoms with Crippen LogP contribution >= 0.6 is 0 Å². The summed E-state index contributed by atoms with van der Waals surface area (Å²) >= 11 is 0. The van der Waals surface area contributed by atoms with Crippen molar-refractivity contribution in [2.24, 2.45) is 0 Å². The van der Waals surface area contributed by atoms with E-state index in [4.69, 9.17) is 4.74 Å². The number of rotatable bonds is 6. The second-order valence-electron chi connectivity index (χ2n) is 7.17. The van der Waals surface area contributed by atoms with Crippen LogP contribution in [0.3, 0.4) is 0 Å². The zero-order chi connectivity index (χ0) is 19.2. The Kier molecular flexibility index (Phi) is 5.66. The topological polar surface area (TPSA) is 71.1 Å². The second-order valence-corrected chi connectivity index (χ2v) is 7.17. The molecule has 1 unspecified atom stereocenters. The molecule has 1 fully saturated rings. The summed E-state index contributed by atoms with van der Waals surface area (Å²) in [6, 6.07) is 13.7. The number of benzene rings is 1. The molecule has 28 heavy (non-hydrogen) atoms. The number of hydrogen-bond donors (Lipinski definition) is 1. The number of aromatic amines is 1. The predicted octanol–water partition coefficient (Wildman–Crippen LogP) is 3.33. The maximum atomic E-state index is 12.8. The van der Waals surface area contributed by atoms with Crippen molar-refractivity contribution in [1.29, 1.82) is 0 Å². The lowest BCUT2D eigenvalue weighted by molar-refractivity contribution is -0.131.